The zero-order valence-electron chi connectivity index (χ0n) is 10.6. The lowest BCUT2D eigenvalue weighted by atomic mass is 9.96. The Morgan fingerprint density at radius 2 is 2.28 bits per heavy atom. The average Bonchev–Trinajstić information content (AvgIpc) is 2.40. The van der Waals surface area contributed by atoms with E-state index in [2.05, 4.69) is 11.4 Å². The van der Waals surface area contributed by atoms with Gasteiger partial charge in [-0.1, -0.05) is 18.6 Å². The van der Waals surface area contributed by atoms with Crippen molar-refractivity contribution in [2.24, 2.45) is 0 Å². The van der Waals surface area contributed by atoms with Gasteiger partial charge in [0.05, 0.1) is 12.2 Å². The standard InChI is InChI=1S/C14H19NO2.ClH/c1-2-17-14(16)12-7-5-6-11(10-12)13-8-3-4-9-15-13;/h5-7,10,13,15H,2-4,8-9H2,1H3;1H/t13-;/m1./s1. The number of nitrogens with one attached hydrogen (secondary N) is 1. The van der Waals surface area contributed by atoms with Crippen molar-refractivity contribution in [2.75, 3.05) is 13.2 Å². The third-order valence-corrected chi connectivity index (χ3v) is 3.11. The number of ether oxygens (including phenoxy) is 1. The zero-order valence-corrected chi connectivity index (χ0v) is 11.5. The lowest BCUT2D eigenvalue weighted by Gasteiger charge is -2.24. The molecule has 1 aromatic rings. The van der Waals surface area contributed by atoms with E-state index in [1.165, 1.54) is 18.4 Å². The smallest absolute Gasteiger partial charge is 0.338 e. The van der Waals surface area contributed by atoms with Crippen LogP contribution in [0.15, 0.2) is 24.3 Å². The predicted molar refractivity (Wildman–Crippen MR) is 74.2 cm³/mol. The van der Waals surface area contributed by atoms with Crippen molar-refractivity contribution in [3.63, 3.8) is 0 Å². The van der Waals surface area contributed by atoms with Gasteiger partial charge >= 0.3 is 5.97 Å². The maximum Gasteiger partial charge on any atom is 0.338 e. The summed E-state index contributed by atoms with van der Waals surface area (Å²) in [6, 6.07) is 8.15. The summed E-state index contributed by atoms with van der Waals surface area (Å²) in [6.07, 6.45) is 3.64. The minimum absolute atomic E-state index is 0. The van der Waals surface area contributed by atoms with Crippen LogP contribution in [-0.4, -0.2) is 19.1 Å². The fourth-order valence-electron chi connectivity index (χ4n) is 2.23. The van der Waals surface area contributed by atoms with E-state index < -0.39 is 0 Å². The van der Waals surface area contributed by atoms with Gasteiger partial charge in [-0.15, -0.1) is 12.4 Å². The second kappa shape index (κ2) is 7.39. The number of halogens is 1. The van der Waals surface area contributed by atoms with Crippen LogP contribution in [0.4, 0.5) is 0 Å². The van der Waals surface area contributed by atoms with Crippen molar-refractivity contribution in [3.8, 4) is 0 Å². The molecule has 0 unspecified atom stereocenters. The number of hydrogen-bond acceptors (Lipinski definition) is 3. The molecule has 0 bridgehead atoms. The molecule has 1 saturated heterocycles. The zero-order chi connectivity index (χ0) is 12.1. The maximum absolute atomic E-state index is 11.6. The molecule has 100 valence electrons. The fourth-order valence-corrected chi connectivity index (χ4v) is 2.23. The number of carbonyl (C=O) groups is 1. The molecule has 3 nitrogen and oxygen atoms in total. The molecule has 1 fully saturated rings. The van der Waals surface area contributed by atoms with Gasteiger partial charge in [-0.3, -0.25) is 0 Å². The molecule has 0 aliphatic carbocycles. The van der Waals surface area contributed by atoms with Crippen LogP contribution in [0.2, 0.25) is 0 Å². The van der Waals surface area contributed by atoms with E-state index in [0.717, 1.165) is 13.0 Å². The Hall–Kier alpha value is -1.06. The first-order chi connectivity index (χ1) is 8.31. The average molecular weight is 270 g/mol. The molecule has 18 heavy (non-hydrogen) atoms. The number of esters is 1. The van der Waals surface area contributed by atoms with Crippen molar-refractivity contribution in [1.29, 1.82) is 0 Å². The number of benzene rings is 1. The molecule has 0 amide bonds. The summed E-state index contributed by atoms with van der Waals surface area (Å²) in [5.74, 6) is -0.231. The van der Waals surface area contributed by atoms with Gasteiger partial charge in [-0.2, -0.15) is 0 Å². The molecule has 1 heterocycles. The largest absolute Gasteiger partial charge is 0.462 e. The van der Waals surface area contributed by atoms with E-state index >= 15 is 0 Å². The van der Waals surface area contributed by atoms with Crippen LogP contribution in [0.25, 0.3) is 0 Å². The molecule has 1 aromatic carbocycles. The van der Waals surface area contributed by atoms with Crippen molar-refractivity contribution in [2.45, 2.75) is 32.2 Å². The first-order valence-corrected chi connectivity index (χ1v) is 6.31. The van der Waals surface area contributed by atoms with E-state index in [4.69, 9.17) is 4.74 Å². The second-order valence-corrected chi connectivity index (χ2v) is 4.35. The highest BCUT2D eigenvalue weighted by Crippen LogP contribution is 2.23. The van der Waals surface area contributed by atoms with Crippen LogP contribution in [0, 0.1) is 0 Å². The van der Waals surface area contributed by atoms with Crippen LogP contribution in [-0.2, 0) is 4.74 Å². The van der Waals surface area contributed by atoms with Crippen molar-refractivity contribution in [3.05, 3.63) is 35.4 Å². The van der Waals surface area contributed by atoms with Gasteiger partial charge in [0, 0.05) is 6.04 Å². The van der Waals surface area contributed by atoms with Crippen LogP contribution in [0.3, 0.4) is 0 Å². The SMILES string of the molecule is CCOC(=O)c1cccc([C@H]2CCCCN2)c1.Cl. The van der Waals surface area contributed by atoms with Gasteiger partial charge in [0.1, 0.15) is 0 Å². The summed E-state index contributed by atoms with van der Waals surface area (Å²) in [5.41, 5.74) is 1.84. The van der Waals surface area contributed by atoms with E-state index in [1.807, 2.05) is 25.1 Å². The Morgan fingerprint density at radius 1 is 1.44 bits per heavy atom. The predicted octanol–water partition coefficient (Wildman–Crippen LogP) is 3.10. The normalized spacial score (nSPS) is 18.8. The van der Waals surface area contributed by atoms with Crippen molar-refractivity contribution in [1.82, 2.24) is 5.32 Å². The molecular weight excluding hydrogens is 250 g/mol. The molecule has 1 atom stereocenters. The van der Waals surface area contributed by atoms with E-state index in [0.29, 0.717) is 18.2 Å². The van der Waals surface area contributed by atoms with E-state index in [-0.39, 0.29) is 18.4 Å². The Bertz CT molecular complexity index is 389. The molecule has 4 heteroatoms. The van der Waals surface area contributed by atoms with Crippen LogP contribution < -0.4 is 5.32 Å². The third kappa shape index (κ3) is 3.72. The van der Waals surface area contributed by atoms with Gasteiger partial charge in [-0.25, -0.2) is 4.79 Å². The molecule has 1 aliphatic rings. The van der Waals surface area contributed by atoms with Crippen LogP contribution >= 0.6 is 12.4 Å². The lowest BCUT2D eigenvalue weighted by Crippen LogP contribution is -2.26. The monoisotopic (exact) mass is 269 g/mol. The van der Waals surface area contributed by atoms with Crippen molar-refractivity contribution >= 4 is 18.4 Å². The molecule has 0 radical (unpaired) electrons. The summed E-state index contributed by atoms with van der Waals surface area (Å²) in [7, 11) is 0. The highest BCUT2D eigenvalue weighted by molar-refractivity contribution is 5.89. The fraction of sp³-hybridized carbons (Fsp3) is 0.500. The molecule has 0 aromatic heterocycles. The second-order valence-electron chi connectivity index (χ2n) is 4.35. The Balaban J connectivity index is 0.00000162. The Kier molecular flexibility index (Phi) is 6.16. The minimum atomic E-state index is -0.231. The number of carbonyl (C=O) groups excluding carboxylic acids is 1. The Labute approximate surface area is 114 Å². The minimum Gasteiger partial charge on any atom is -0.462 e. The molecule has 2 rings (SSSR count). The highest BCUT2D eigenvalue weighted by Gasteiger charge is 2.16. The third-order valence-electron chi connectivity index (χ3n) is 3.11. The summed E-state index contributed by atoms with van der Waals surface area (Å²) in [6.45, 7) is 3.31. The maximum atomic E-state index is 11.6. The molecule has 0 spiro atoms. The van der Waals surface area contributed by atoms with Crippen molar-refractivity contribution < 1.29 is 9.53 Å². The molecule has 0 saturated carbocycles. The lowest BCUT2D eigenvalue weighted by molar-refractivity contribution is 0.0526. The van der Waals surface area contributed by atoms with Gasteiger partial charge in [0.15, 0.2) is 0 Å². The molecular formula is C14H20ClNO2. The number of hydrogen-bond donors (Lipinski definition) is 1. The molecule has 1 aliphatic heterocycles. The highest BCUT2D eigenvalue weighted by atomic mass is 35.5. The van der Waals surface area contributed by atoms with Crippen LogP contribution in [0.5, 0.6) is 0 Å². The molecule has 1 N–H and O–H groups in total. The van der Waals surface area contributed by atoms with Crippen LogP contribution in [0.1, 0.15) is 48.1 Å². The summed E-state index contributed by atoms with van der Waals surface area (Å²) < 4.78 is 5.01. The first kappa shape index (κ1) is 15.0. The van der Waals surface area contributed by atoms with Gasteiger partial charge < -0.3 is 10.1 Å². The number of piperidine rings is 1. The van der Waals surface area contributed by atoms with E-state index in [1.54, 1.807) is 0 Å². The number of rotatable bonds is 3. The quantitative estimate of drug-likeness (QED) is 0.857. The van der Waals surface area contributed by atoms with Gasteiger partial charge in [-0.05, 0) is 44.0 Å². The van der Waals surface area contributed by atoms with Gasteiger partial charge in [0.25, 0.3) is 0 Å². The summed E-state index contributed by atoms with van der Waals surface area (Å²) >= 11 is 0. The Morgan fingerprint density at radius 3 is 2.94 bits per heavy atom. The topological polar surface area (TPSA) is 38.3 Å². The van der Waals surface area contributed by atoms with E-state index in [9.17, 15) is 4.79 Å². The first-order valence-electron chi connectivity index (χ1n) is 6.31. The summed E-state index contributed by atoms with van der Waals surface area (Å²) in [5, 5.41) is 3.48. The van der Waals surface area contributed by atoms with Gasteiger partial charge in [0.2, 0.25) is 0 Å². The summed E-state index contributed by atoms with van der Waals surface area (Å²) in [4.78, 5) is 11.6.